The molecule has 0 unspecified atom stereocenters. The quantitative estimate of drug-likeness (QED) is 0.554. The van der Waals surface area contributed by atoms with E-state index in [1.54, 1.807) is 26.8 Å². The van der Waals surface area contributed by atoms with Gasteiger partial charge in [-0.2, -0.15) is 0 Å². The molecule has 0 spiro atoms. The van der Waals surface area contributed by atoms with E-state index < -0.39 is 46.9 Å². The van der Waals surface area contributed by atoms with Crippen molar-refractivity contribution >= 4 is 17.7 Å². The minimum Gasteiger partial charge on any atom is -0.479 e. The number of carbonyl (C=O) groups is 3. The number of fused-ring (bicyclic) bond motifs is 2. The summed E-state index contributed by atoms with van der Waals surface area (Å²) in [7, 11) is 0. The molecule has 2 bridgehead atoms. The lowest BCUT2D eigenvalue weighted by molar-refractivity contribution is -0.219. The molecule has 8 nitrogen and oxygen atoms in total. The van der Waals surface area contributed by atoms with Crippen LogP contribution in [0.25, 0.3) is 0 Å². The third-order valence-corrected chi connectivity index (χ3v) is 6.51. The molecule has 0 aromatic rings. The summed E-state index contributed by atoms with van der Waals surface area (Å²) in [5.41, 5.74) is -1.95. The largest absolute Gasteiger partial charge is 0.479 e. The van der Waals surface area contributed by atoms with E-state index in [1.807, 2.05) is 0 Å². The number of aliphatic hydroxyl groups is 1. The number of rotatable bonds is 3. The number of esters is 2. The number of hydrogen-bond acceptors (Lipinski definition) is 8. The van der Waals surface area contributed by atoms with Gasteiger partial charge >= 0.3 is 11.9 Å². The molecule has 8 heteroatoms. The second-order valence-corrected chi connectivity index (χ2v) is 8.56. The third kappa shape index (κ3) is 2.55. The van der Waals surface area contributed by atoms with Gasteiger partial charge in [-0.15, -0.1) is 0 Å². The molecule has 2 saturated heterocycles. The maximum absolute atomic E-state index is 12.9. The first kappa shape index (κ1) is 19.8. The van der Waals surface area contributed by atoms with Gasteiger partial charge in [0.15, 0.2) is 5.60 Å². The normalized spacial score (nSPS) is 44.4. The van der Waals surface area contributed by atoms with Crippen LogP contribution in [0.1, 0.15) is 34.1 Å². The van der Waals surface area contributed by atoms with Crippen LogP contribution in [0.2, 0.25) is 0 Å². The minimum atomic E-state index is -1.94. The first-order valence-corrected chi connectivity index (χ1v) is 9.49. The summed E-state index contributed by atoms with van der Waals surface area (Å²) in [6.45, 7) is 9.75. The van der Waals surface area contributed by atoms with Crippen LogP contribution in [0.4, 0.5) is 0 Å². The smallest absolute Gasteiger partial charge is 0.318 e. The second kappa shape index (κ2) is 6.03. The fourth-order valence-corrected chi connectivity index (χ4v) is 4.85. The maximum atomic E-state index is 12.9. The minimum absolute atomic E-state index is 0.115. The van der Waals surface area contributed by atoms with Gasteiger partial charge in [-0.1, -0.05) is 6.58 Å². The Morgan fingerprint density at radius 3 is 2.66 bits per heavy atom. The summed E-state index contributed by atoms with van der Waals surface area (Å²) in [5.74, 6) is -3.61. The lowest BCUT2D eigenvalue weighted by Gasteiger charge is -2.34. The summed E-state index contributed by atoms with van der Waals surface area (Å²) < 4.78 is 22.7. The molecule has 29 heavy (non-hydrogen) atoms. The summed E-state index contributed by atoms with van der Waals surface area (Å²) in [4.78, 5) is 37.0. The molecule has 156 valence electrons. The molecular weight excluding hydrogens is 380 g/mol. The summed E-state index contributed by atoms with van der Waals surface area (Å²) in [5, 5.41) is 11.3. The van der Waals surface area contributed by atoms with Gasteiger partial charge in [0.05, 0.1) is 6.10 Å². The van der Waals surface area contributed by atoms with Crippen LogP contribution in [-0.2, 0) is 33.3 Å². The van der Waals surface area contributed by atoms with Gasteiger partial charge in [0, 0.05) is 30.9 Å². The molecule has 0 amide bonds. The highest BCUT2D eigenvalue weighted by molar-refractivity contribution is 6.00. The van der Waals surface area contributed by atoms with E-state index in [0.717, 1.165) is 0 Å². The van der Waals surface area contributed by atoms with Crippen LogP contribution >= 0.6 is 0 Å². The first-order valence-electron chi connectivity index (χ1n) is 9.49. The van der Waals surface area contributed by atoms with E-state index in [-0.39, 0.29) is 30.1 Å². The van der Waals surface area contributed by atoms with Crippen molar-refractivity contribution in [3.63, 3.8) is 0 Å². The van der Waals surface area contributed by atoms with E-state index >= 15 is 0 Å². The van der Waals surface area contributed by atoms with Crippen molar-refractivity contribution in [3.8, 4) is 0 Å². The number of hydrogen-bond donors (Lipinski definition) is 1. The van der Waals surface area contributed by atoms with Gasteiger partial charge in [0.2, 0.25) is 11.6 Å². The SMILES string of the molecule is C=C(C)[C@@]1(O)O[C@H]2C[C@@]3(C)OC(=CC3=O)/C(COC(C)=O)=C\[C@H]3OC(=O)[C@@]1(C)[C@H]23. The Kier molecular flexibility index (Phi) is 4.12. The van der Waals surface area contributed by atoms with Gasteiger partial charge in [-0.25, -0.2) is 0 Å². The molecule has 4 aliphatic heterocycles. The summed E-state index contributed by atoms with van der Waals surface area (Å²) in [6.07, 6.45) is 1.63. The third-order valence-electron chi connectivity index (χ3n) is 6.51. The van der Waals surface area contributed by atoms with Crippen LogP contribution in [0, 0.1) is 11.3 Å². The van der Waals surface area contributed by atoms with Crippen LogP contribution < -0.4 is 0 Å². The molecule has 2 fully saturated rings. The fourth-order valence-electron chi connectivity index (χ4n) is 4.85. The highest BCUT2D eigenvalue weighted by Crippen LogP contribution is 2.60. The Morgan fingerprint density at radius 1 is 1.34 bits per heavy atom. The van der Waals surface area contributed by atoms with E-state index in [0.29, 0.717) is 5.57 Å². The zero-order valence-corrected chi connectivity index (χ0v) is 16.8. The second-order valence-electron chi connectivity index (χ2n) is 8.56. The van der Waals surface area contributed by atoms with Gasteiger partial charge < -0.3 is 24.1 Å². The Labute approximate surface area is 168 Å². The molecule has 0 aromatic carbocycles. The lowest BCUT2D eigenvalue weighted by atomic mass is 9.67. The average Bonchev–Trinajstić information content (AvgIpc) is 3.14. The van der Waals surface area contributed by atoms with Crippen molar-refractivity contribution in [1.29, 1.82) is 0 Å². The molecule has 4 heterocycles. The Bertz CT molecular complexity index is 900. The molecule has 1 N–H and O–H groups in total. The topological polar surface area (TPSA) is 108 Å². The number of ketones is 1. The zero-order chi connectivity index (χ0) is 21.4. The van der Waals surface area contributed by atoms with E-state index in [4.69, 9.17) is 18.9 Å². The predicted molar refractivity (Wildman–Crippen MR) is 98.0 cm³/mol. The fraction of sp³-hybridized carbons (Fsp3) is 0.571. The highest BCUT2D eigenvalue weighted by Gasteiger charge is 2.74. The Balaban J connectivity index is 1.86. The molecule has 4 aliphatic rings. The van der Waals surface area contributed by atoms with Crippen molar-refractivity contribution in [2.24, 2.45) is 11.3 Å². The van der Waals surface area contributed by atoms with E-state index in [1.165, 1.54) is 13.0 Å². The standard InChI is InChI=1S/C21H24O8/c1-10(2)21(25)20(5)17-14(27-18(20)24)6-12(9-26-11(3)22)13-7-16(23)19(4,28-13)8-15(17)29-21/h6-7,14-15,17,25H,1,8-9H2,2-5H3/b12-6-/t14-,15+,17+,19-,20-,21-/m1/s1. The summed E-state index contributed by atoms with van der Waals surface area (Å²) >= 11 is 0. The monoisotopic (exact) mass is 404 g/mol. The molecule has 0 radical (unpaired) electrons. The van der Waals surface area contributed by atoms with Crippen molar-refractivity contribution in [1.82, 2.24) is 0 Å². The molecule has 6 atom stereocenters. The molecule has 0 aromatic heterocycles. The zero-order valence-electron chi connectivity index (χ0n) is 16.8. The number of carbonyl (C=O) groups excluding carboxylic acids is 3. The van der Waals surface area contributed by atoms with Crippen LogP contribution in [0.3, 0.4) is 0 Å². The van der Waals surface area contributed by atoms with Crippen molar-refractivity contribution < 1.29 is 38.4 Å². The average molecular weight is 404 g/mol. The Hall–Kier alpha value is -2.45. The highest BCUT2D eigenvalue weighted by atomic mass is 16.7. The van der Waals surface area contributed by atoms with Crippen LogP contribution in [-0.4, -0.2) is 53.0 Å². The van der Waals surface area contributed by atoms with E-state index in [2.05, 4.69) is 6.58 Å². The molecule has 4 rings (SSSR count). The van der Waals surface area contributed by atoms with Gasteiger partial charge in [0.1, 0.15) is 23.9 Å². The van der Waals surface area contributed by atoms with Crippen molar-refractivity contribution in [2.45, 2.75) is 57.7 Å². The van der Waals surface area contributed by atoms with Gasteiger partial charge in [-0.05, 0) is 32.4 Å². The van der Waals surface area contributed by atoms with Crippen LogP contribution in [0.15, 0.2) is 35.6 Å². The first-order chi connectivity index (χ1) is 13.4. The molecular formula is C21H24O8. The Morgan fingerprint density at radius 2 is 2.03 bits per heavy atom. The van der Waals surface area contributed by atoms with Crippen molar-refractivity contribution in [3.05, 3.63) is 35.6 Å². The van der Waals surface area contributed by atoms with Crippen molar-refractivity contribution in [2.75, 3.05) is 6.61 Å². The van der Waals surface area contributed by atoms with Crippen LogP contribution in [0.5, 0.6) is 0 Å². The maximum Gasteiger partial charge on any atom is 0.318 e. The predicted octanol–water partition coefficient (Wildman–Crippen LogP) is 1.33. The van der Waals surface area contributed by atoms with Gasteiger partial charge in [0.25, 0.3) is 0 Å². The van der Waals surface area contributed by atoms with Gasteiger partial charge in [-0.3, -0.25) is 14.4 Å². The molecule has 0 aliphatic carbocycles. The number of ether oxygens (including phenoxy) is 4. The lowest BCUT2D eigenvalue weighted by Crippen LogP contribution is -2.49. The molecule has 0 saturated carbocycles. The van der Waals surface area contributed by atoms with E-state index in [9.17, 15) is 19.5 Å². The summed E-state index contributed by atoms with van der Waals surface area (Å²) in [6, 6.07) is 0.